The van der Waals surface area contributed by atoms with E-state index in [9.17, 15) is 9.90 Å². The van der Waals surface area contributed by atoms with Crippen molar-refractivity contribution in [3.63, 3.8) is 0 Å². The van der Waals surface area contributed by atoms with E-state index in [1.807, 2.05) is 0 Å². The normalized spacial score (nSPS) is 49.6. The van der Waals surface area contributed by atoms with Gasteiger partial charge in [-0.25, -0.2) is 4.79 Å². The van der Waals surface area contributed by atoms with Crippen molar-refractivity contribution in [2.75, 3.05) is 13.1 Å². The highest BCUT2D eigenvalue weighted by Crippen LogP contribution is 2.61. The van der Waals surface area contributed by atoms with Gasteiger partial charge in [0.05, 0.1) is 5.60 Å². The van der Waals surface area contributed by atoms with Crippen LogP contribution in [0.4, 0.5) is 4.79 Å². The van der Waals surface area contributed by atoms with Gasteiger partial charge in [0.1, 0.15) is 0 Å². The number of fused-ring (bicyclic) bond motifs is 2. The Morgan fingerprint density at radius 1 is 0.960 bits per heavy atom. The van der Waals surface area contributed by atoms with Crippen LogP contribution in [0.3, 0.4) is 0 Å². The van der Waals surface area contributed by atoms with Gasteiger partial charge in [0.25, 0.3) is 0 Å². The lowest BCUT2D eigenvalue weighted by Crippen LogP contribution is -2.59. The first-order valence-corrected chi connectivity index (χ1v) is 10.8. The topological polar surface area (TPSA) is 61.4 Å². The molecule has 5 atom stereocenters. The number of aliphatic hydroxyl groups is 1. The van der Waals surface area contributed by atoms with Gasteiger partial charge in [0, 0.05) is 13.1 Å². The highest BCUT2D eigenvalue weighted by molar-refractivity contribution is 5.73. The minimum absolute atomic E-state index is 0.00546. The van der Waals surface area contributed by atoms with Crippen molar-refractivity contribution in [3.8, 4) is 0 Å². The van der Waals surface area contributed by atoms with Crippen LogP contribution < -0.4 is 10.6 Å². The van der Waals surface area contributed by atoms with Crippen LogP contribution in [-0.4, -0.2) is 29.8 Å². The Balaban J connectivity index is 1.08. The predicted molar refractivity (Wildman–Crippen MR) is 97.0 cm³/mol. The molecule has 6 fully saturated rings. The second kappa shape index (κ2) is 5.87. The number of amides is 2. The third-order valence-corrected chi connectivity index (χ3v) is 8.46. The van der Waals surface area contributed by atoms with Crippen molar-refractivity contribution in [3.05, 3.63) is 0 Å². The Morgan fingerprint density at radius 2 is 1.76 bits per heavy atom. The summed E-state index contributed by atoms with van der Waals surface area (Å²) in [5.41, 5.74) is -0.259. The quantitative estimate of drug-likeness (QED) is 0.714. The predicted octanol–water partition coefficient (Wildman–Crippen LogP) is 3.44. The van der Waals surface area contributed by atoms with Crippen LogP contribution >= 0.6 is 0 Å². The first-order valence-electron chi connectivity index (χ1n) is 10.8. The smallest absolute Gasteiger partial charge is 0.314 e. The van der Waals surface area contributed by atoms with Gasteiger partial charge < -0.3 is 15.7 Å². The number of urea groups is 1. The van der Waals surface area contributed by atoms with E-state index in [-0.39, 0.29) is 11.4 Å². The van der Waals surface area contributed by atoms with Gasteiger partial charge >= 0.3 is 6.03 Å². The lowest BCUT2D eigenvalue weighted by molar-refractivity contribution is -0.161. The summed E-state index contributed by atoms with van der Waals surface area (Å²) in [4.78, 5) is 12.3. The van der Waals surface area contributed by atoms with Gasteiger partial charge in [-0.1, -0.05) is 6.42 Å². The Kier molecular flexibility index (Phi) is 3.85. The van der Waals surface area contributed by atoms with Gasteiger partial charge in [-0.05, 0) is 99.2 Å². The molecular formula is C21H34N2O2. The molecule has 140 valence electrons. The molecule has 0 aliphatic heterocycles. The third-order valence-electron chi connectivity index (χ3n) is 8.46. The summed E-state index contributed by atoms with van der Waals surface area (Å²) < 4.78 is 0. The van der Waals surface area contributed by atoms with Crippen LogP contribution in [0.2, 0.25) is 0 Å². The van der Waals surface area contributed by atoms with Gasteiger partial charge in [-0.2, -0.15) is 0 Å². The van der Waals surface area contributed by atoms with Crippen LogP contribution in [-0.2, 0) is 0 Å². The van der Waals surface area contributed by atoms with Crippen molar-refractivity contribution in [1.82, 2.24) is 10.6 Å². The summed E-state index contributed by atoms with van der Waals surface area (Å²) in [5.74, 6) is 4.17. The first kappa shape index (κ1) is 16.4. The van der Waals surface area contributed by atoms with Crippen molar-refractivity contribution in [2.24, 2.45) is 35.0 Å². The molecule has 6 bridgehead atoms. The highest BCUT2D eigenvalue weighted by atomic mass is 16.3. The van der Waals surface area contributed by atoms with E-state index in [1.165, 1.54) is 44.9 Å². The largest absolute Gasteiger partial charge is 0.390 e. The zero-order chi connectivity index (χ0) is 17.1. The molecule has 0 heterocycles. The van der Waals surface area contributed by atoms with E-state index in [4.69, 9.17) is 0 Å². The zero-order valence-electron chi connectivity index (χ0n) is 15.4. The van der Waals surface area contributed by atoms with E-state index in [0.29, 0.717) is 11.8 Å². The van der Waals surface area contributed by atoms with Gasteiger partial charge in [0.2, 0.25) is 0 Å². The minimum atomic E-state index is -0.427. The molecule has 6 aliphatic carbocycles. The van der Waals surface area contributed by atoms with Crippen molar-refractivity contribution >= 4 is 6.03 Å². The van der Waals surface area contributed by atoms with Gasteiger partial charge in [0.15, 0.2) is 0 Å². The number of hydrogen-bond acceptors (Lipinski definition) is 2. The average Bonchev–Trinajstić information content (AvgIpc) is 3.13. The number of rotatable bonds is 5. The molecule has 3 N–H and O–H groups in total. The maximum absolute atomic E-state index is 12.3. The lowest BCUT2D eigenvalue weighted by Gasteiger charge is -2.60. The first-order chi connectivity index (χ1) is 12.0. The van der Waals surface area contributed by atoms with Gasteiger partial charge in [-0.3, -0.25) is 0 Å². The molecule has 0 radical (unpaired) electrons. The molecule has 6 aliphatic rings. The molecule has 5 unspecified atom stereocenters. The summed E-state index contributed by atoms with van der Waals surface area (Å²) in [7, 11) is 0. The molecule has 0 aromatic carbocycles. The Hall–Kier alpha value is -0.770. The zero-order valence-corrected chi connectivity index (χ0v) is 15.4. The maximum atomic E-state index is 12.3. The molecular weight excluding hydrogens is 312 g/mol. The second-order valence-corrected chi connectivity index (χ2v) is 10.5. The van der Waals surface area contributed by atoms with E-state index >= 15 is 0 Å². The van der Waals surface area contributed by atoms with E-state index < -0.39 is 5.60 Å². The minimum Gasteiger partial charge on any atom is -0.390 e. The molecule has 4 nitrogen and oxygen atoms in total. The van der Waals surface area contributed by atoms with E-state index in [0.717, 1.165) is 56.5 Å². The fourth-order valence-corrected chi connectivity index (χ4v) is 8.04. The van der Waals surface area contributed by atoms with Crippen LogP contribution in [0, 0.1) is 35.0 Å². The summed E-state index contributed by atoms with van der Waals surface area (Å²) in [5, 5.41) is 17.1. The van der Waals surface area contributed by atoms with Crippen LogP contribution in [0.5, 0.6) is 0 Å². The molecule has 0 aromatic heterocycles. The van der Waals surface area contributed by atoms with Crippen LogP contribution in [0.25, 0.3) is 0 Å². The summed E-state index contributed by atoms with van der Waals surface area (Å²) in [6.45, 7) is 1.57. The molecule has 6 rings (SSSR count). The fourth-order valence-electron chi connectivity index (χ4n) is 8.04. The number of hydrogen-bond donors (Lipinski definition) is 3. The Labute approximate surface area is 151 Å². The van der Waals surface area contributed by atoms with Crippen molar-refractivity contribution in [2.45, 2.75) is 76.2 Å². The highest BCUT2D eigenvalue weighted by Gasteiger charge is 2.57. The molecule has 6 saturated carbocycles. The maximum Gasteiger partial charge on any atom is 0.314 e. The second-order valence-electron chi connectivity index (χ2n) is 10.5. The van der Waals surface area contributed by atoms with E-state index in [1.54, 1.807) is 0 Å². The molecule has 25 heavy (non-hydrogen) atoms. The number of carbonyl (C=O) groups is 1. The fraction of sp³-hybridized carbons (Fsp3) is 0.952. The average molecular weight is 347 g/mol. The molecule has 0 spiro atoms. The lowest BCUT2D eigenvalue weighted by atomic mass is 9.48. The third kappa shape index (κ3) is 3.09. The summed E-state index contributed by atoms with van der Waals surface area (Å²) in [6.07, 6.45) is 13.5. The van der Waals surface area contributed by atoms with Gasteiger partial charge in [-0.15, -0.1) is 0 Å². The van der Waals surface area contributed by atoms with Crippen molar-refractivity contribution in [1.29, 1.82) is 0 Å². The molecule has 4 heteroatoms. The number of carbonyl (C=O) groups excluding carboxylic acids is 1. The Morgan fingerprint density at radius 3 is 2.40 bits per heavy atom. The van der Waals surface area contributed by atoms with E-state index in [2.05, 4.69) is 10.6 Å². The monoisotopic (exact) mass is 346 g/mol. The summed E-state index contributed by atoms with van der Waals surface area (Å²) in [6, 6.07) is 0.00546. The Bertz CT molecular complexity index is 534. The standard InChI is InChI=1S/C21H34N2O2/c24-19(22-4-3-18-7-14-1-2-17(18)6-14)23-13-20-8-15-5-16(9-20)11-21(25,10-15)12-20/h14-18,25H,1-13H2,(H2,22,23,24). The summed E-state index contributed by atoms with van der Waals surface area (Å²) >= 11 is 0. The molecule has 0 saturated heterocycles. The van der Waals surface area contributed by atoms with Crippen molar-refractivity contribution < 1.29 is 9.90 Å². The van der Waals surface area contributed by atoms with Crippen LogP contribution in [0.1, 0.15) is 70.6 Å². The SMILES string of the molecule is O=C(NCCC1CC2CCC1C2)NCC12CC3CC(CC(O)(C3)C1)C2. The molecule has 0 aromatic rings. The number of nitrogens with one attached hydrogen (secondary N) is 2. The molecule has 2 amide bonds. The van der Waals surface area contributed by atoms with Crippen LogP contribution in [0.15, 0.2) is 0 Å².